The van der Waals surface area contributed by atoms with E-state index >= 15 is 0 Å². The Morgan fingerprint density at radius 2 is 1.75 bits per heavy atom. The fourth-order valence-electron chi connectivity index (χ4n) is 1.25. The maximum absolute atomic E-state index is 3.78. The fraction of sp³-hybridized carbons (Fsp3) is 0. The number of pyridine rings is 1. The molecule has 0 saturated heterocycles. The lowest BCUT2D eigenvalue weighted by Crippen LogP contribution is -1.96. The van der Waals surface area contributed by atoms with Gasteiger partial charge in [0.2, 0.25) is 0 Å². The molecule has 0 unspecified atom stereocenters. The van der Waals surface area contributed by atoms with Gasteiger partial charge in [0.25, 0.3) is 0 Å². The van der Waals surface area contributed by atoms with Gasteiger partial charge < -0.3 is 4.72 Å². The van der Waals surface area contributed by atoms with Crippen LogP contribution in [0.4, 0.5) is 0 Å². The molecule has 1 N–H and O–H groups in total. The summed E-state index contributed by atoms with van der Waals surface area (Å²) in [4.78, 5) is 5.08. The van der Waals surface area contributed by atoms with Gasteiger partial charge >= 0.3 is 0 Å². The molecule has 0 amide bonds. The van der Waals surface area contributed by atoms with Crippen LogP contribution in [-0.4, -0.2) is 4.98 Å². The van der Waals surface area contributed by atoms with E-state index in [1.807, 2.05) is 30.5 Å². The fourth-order valence-corrected chi connectivity index (χ4v) is 1.91. The molecule has 0 spiro atoms. The van der Waals surface area contributed by atoms with E-state index in [4.69, 9.17) is 0 Å². The summed E-state index contributed by atoms with van der Waals surface area (Å²) in [5, 5.41) is 0. The first-order valence-corrected chi connectivity index (χ1v) is 5.81. The van der Waals surface area contributed by atoms with Crippen molar-refractivity contribution >= 4 is 18.0 Å². The first kappa shape index (κ1) is 10.8. The lowest BCUT2D eigenvalue weighted by Gasteiger charge is -2.08. The smallest absolute Gasteiger partial charge is 0.0357 e. The number of aromatic nitrogens is 1. The zero-order valence-corrected chi connectivity index (χ0v) is 9.52. The SMILES string of the molecule is C1=Cc2ccccc2SN1.c1ccncc1. The summed E-state index contributed by atoms with van der Waals surface area (Å²) < 4.78 is 3.08. The van der Waals surface area contributed by atoms with Gasteiger partial charge in [0.05, 0.1) is 0 Å². The van der Waals surface area contributed by atoms with Crippen LogP contribution >= 0.6 is 11.9 Å². The van der Waals surface area contributed by atoms with Crippen molar-refractivity contribution in [2.45, 2.75) is 4.90 Å². The molecule has 0 aliphatic carbocycles. The van der Waals surface area contributed by atoms with Gasteiger partial charge in [-0.3, -0.25) is 4.98 Å². The van der Waals surface area contributed by atoms with E-state index in [0.717, 1.165) is 0 Å². The van der Waals surface area contributed by atoms with Crippen LogP contribution in [0.5, 0.6) is 0 Å². The third-order valence-corrected chi connectivity index (χ3v) is 2.83. The number of fused-ring (bicyclic) bond motifs is 1. The molecule has 1 aliphatic rings. The van der Waals surface area contributed by atoms with Crippen LogP contribution in [0.15, 0.2) is 66.0 Å². The lowest BCUT2D eigenvalue weighted by molar-refractivity contribution is 1.32. The van der Waals surface area contributed by atoms with Crippen molar-refractivity contribution in [3.63, 3.8) is 0 Å². The molecule has 2 nitrogen and oxygen atoms in total. The maximum Gasteiger partial charge on any atom is 0.0357 e. The van der Waals surface area contributed by atoms with E-state index in [9.17, 15) is 0 Å². The average Bonchev–Trinajstić information content (AvgIpc) is 2.42. The van der Waals surface area contributed by atoms with Crippen molar-refractivity contribution in [1.82, 2.24) is 9.71 Å². The van der Waals surface area contributed by atoms with Crippen molar-refractivity contribution in [2.24, 2.45) is 0 Å². The zero-order valence-electron chi connectivity index (χ0n) is 8.71. The first-order valence-electron chi connectivity index (χ1n) is 5.00. The lowest BCUT2D eigenvalue weighted by atomic mass is 10.2. The van der Waals surface area contributed by atoms with Gasteiger partial charge in [0.15, 0.2) is 0 Å². The largest absolute Gasteiger partial charge is 0.332 e. The topological polar surface area (TPSA) is 24.9 Å². The quantitative estimate of drug-likeness (QED) is 0.700. The molecule has 1 aliphatic heterocycles. The molecule has 3 rings (SSSR count). The third-order valence-electron chi connectivity index (χ3n) is 1.99. The second kappa shape index (κ2) is 5.98. The highest BCUT2D eigenvalue weighted by molar-refractivity contribution is 7.97. The van der Waals surface area contributed by atoms with Gasteiger partial charge in [-0.1, -0.05) is 24.3 Å². The number of rotatable bonds is 0. The van der Waals surface area contributed by atoms with Crippen molar-refractivity contribution in [2.75, 3.05) is 0 Å². The summed E-state index contributed by atoms with van der Waals surface area (Å²) in [6.45, 7) is 0. The van der Waals surface area contributed by atoms with E-state index < -0.39 is 0 Å². The normalized spacial score (nSPS) is 11.8. The zero-order chi connectivity index (χ0) is 11.1. The maximum atomic E-state index is 3.78. The van der Waals surface area contributed by atoms with Gasteiger partial charge in [-0.25, -0.2) is 0 Å². The summed E-state index contributed by atoms with van der Waals surface area (Å²) in [5.41, 5.74) is 1.30. The minimum absolute atomic E-state index is 1.30. The molecule has 80 valence electrons. The van der Waals surface area contributed by atoms with Crippen LogP contribution in [0.25, 0.3) is 6.08 Å². The molecule has 3 heteroatoms. The highest BCUT2D eigenvalue weighted by atomic mass is 32.2. The summed E-state index contributed by atoms with van der Waals surface area (Å²) in [5.74, 6) is 0. The van der Waals surface area contributed by atoms with Crippen molar-refractivity contribution in [1.29, 1.82) is 0 Å². The molecule has 2 aromatic rings. The molecule has 0 fully saturated rings. The second-order valence-electron chi connectivity index (χ2n) is 3.12. The summed E-state index contributed by atoms with van der Waals surface area (Å²) in [6, 6.07) is 14.0. The molecule has 0 saturated carbocycles. The Morgan fingerprint density at radius 3 is 2.38 bits per heavy atom. The summed E-state index contributed by atoms with van der Waals surface area (Å²) >= 11 is 1.65. The van der Waals surface area contributed by atoms with Crippen LogP contribution in [0.2, 0.25) is 0 Å². The van der Waals surface area contributed by atoms with Gasteiger partial charge in [0, 0.05) is 23.5 Å². The molecular formula is C13H12N2S. The Morgan fingerprint density at radius 1 is 0.938 bits per heavy atom. The second-order valence-corrected chi connectivity index (χ2v) is 4.00. The van der Waals surface area contributed by atoms with E-state index in [0.29, 0.717) is 0 Å². The van der Waals surface area contributed by atoms with Gasteiger partial charge in [-0.05, 0) is 41.8 Å². The highest BCUT2D eigenvalue weighted by Crippen LogP contribution is 2.23. The number of benzene rings is 1. The Bertz CT molecular complexity index is 428. The minimum atomic E-state index is 1.30. The van der Waals surface area contributed by atoms with E-state index in [1.54, 1.807) is 24.3 Å². The van der Waals surface area contributed by atoms with Crippen LogP contribution in [0, 0.1) is 0 Å². The monoisotopic (exact) mass is 228 g/mol. The number of hydrogen-bond donors (Lipinski definition) is 1. The Balaban J connectivity index is 0.000000138. The Kier molecular flexibility index (Phi) is 4.02. The van der Waals surface area contributed by atoms with Gasteiger partial charge in [0.1, 0.15) is 0 Å². The molecule has 1 aromatic carbocycles. The molecule has 0 radical (unpaired) electrons. The van der Waals surface area contributed by atoms with Crippen LogP contribution in [0.1, 0.15) is 5.56 Å². The predicted molar refractivity (Wildman–Crippen MR) is 68.7 cm³/mol. The molecule has 0 bridgehead atoms. The number of nitrogens with zero attached hydrogens (tertiary/aromatic N) is 1. The predicted octanol–water partition coefficient (Wildman–Crippen LogP) is 3.35. The molecule has 16 heavy (non-hydrogen) atoms. The van der Waals surface area contributed by atoms with Crippen molar-refractivity contribution < 1.29 is 0 Å². The molecule has 1 aromatic heterocycles. The standard InChI is InChI=1S/C8H7NS.C5H5N/c1-2-4-8-7(3-1)5-6-9-10-8;1-2-4-6-5-3-1/h1-6,9H;1-5H. The number of hydrogen-bond acceptors (Lipinski definition) is 3. The van der Waals surface area contributed by atoms with Gasteiger partial charge in [-0.15, -0.1) is 0 Å². The highest BCUT2D eigenvalue weighted by Gasteiger charge is 2.00. The molecule has 0 atom stereocenters. The first-order chi connectivity index (χ1) is 7.97. The third kappa shape index (κ3) is 3.14. The molecular weight excluding hydrogens is 216 g/mol. The van der Waals surface area contributed by atoms with Gasteiger partial charge in [-0.2, -0.15) is 0 Å². The van der Waals surface area contributed by atoms with E-state index in [-0.39, 0.29) is 0 Å². The van der Waals surface area contributed by atoms with Crippen molar-refractivity contribution in [3.05, 3.63) is 66.6 Å². The van der Waals surface area contributed by atoms with E-state index in [1.165, 1.54) is 10.5 Å². The van der Waals surface area contributed by atoms with Crippen LogP contribution < -0.4 is 4.72 Å². The minimum Gasteiger partial charge on any atom is -0.332 e. The van der Waals surface area contributed by atoms with Crippen LogP contribution in [0.3, 0.4) is 0 Å². The van der Waals surface area contributed by atoms with E-state index in [2.05, 4.69) is 34.0 Å². The number of nitrogens with one attached hydrogen (secondary N) is 1. The Labute approximate surface area is 99.6 Å². The average molecular weight is 228 g/mol. The summed E-state index contributed by atoms with van der Waals surface area (Å²) in [7, 11) is 0. The molecule has 2 heterocycles. The van der Waals surface area contributed by atoms with Crippen LogP contribution in [-0.2, 0) is 0 Å². The summed E-state index contributed by atoms with van der Waals surface area (Å²) in [6.07, 6.45) is 7.53. The van der Waals surface area contributed by atoms with Crippen molar-refractivity contribution in [3.8, 4) is 0 Å². The Hall–Kier alpha value is -1.74.